The summed E-state index contributed by atoms with van der Waals surface area (Å²) in [6, 6.07) is 0.966. The number of hydrogen-bond acceptors (Lipinski definition) is 2. The van der Waals surface area contributed by atoms with E-state index in [9.17, 15) is 4.79 Å². The minimum absolute atomic E-state index is 0.0604. The van der Waals surface area contributed by atoms with Gasteiger partial charge in [0, 0.05) is 8.07 Å². The molecule has 0 amide bonds. The van der Waals surface area contributed by atoms with E-state index in [1.165, 1.54) is 25.7 Å². The van der Waals surface area contributed by atoms with Crippen molar-refractivity contribution in [1.29, 1.82) is 0 Å². The van der Waals surface area contributed by atoms with Crippen molar-refractivity contribution in [2.75, 3.05) is 0 Å². The number of rotatable bonds is 9. The maximum absolute atomic E-state index is 12.4. The summed E-state index contributed by atoms with van der Waals surface area (Å²) >= 11 is 0. The van der Waals surface area contributed by atoms with Crippen molar-refractivity contribution in [2.24, 2.45) is 5.92 Å². The van der Waals surface area contributed by atoms with Crippen molar-refractivity contribution in [3.8, 4) is 0 Å². The summed E-state index contributed by atoms with van der Waals surface area (Å²) in [4.78, 5) is 12.4. The lowest BCUT2D eigenvalue weighted by Gasteiger charge is -2.26. The van der Waals surface area contributed by atoms with Gasteiger partial charge in [-0.2, -0.15) is 0 Å². The van der Waals surface area contributed by atoms with E-state index in [4.69, 9.17) is 4.74 Å². The summed E-state index contributed by atoms with van der Waals surface area (Å²) in [7, 11) is -1.29. The van der Waals surface area contributed by atoms with Gasteiger partial charge >= 0.3 is 5.97 Å². The highest BCUT2D eigenvalue weighted by molar-refractivity contribution is 6.76. The van der Waals surface area contributed by atoms with Crippen LogP contribution in [-0.2, 0) is 9.53 Å². The maximum atomic E-state index is 12.4. The molecule has 0 saturated carbocycles. The number of unbranched alkanes of at least 4 members (excludes halogenated alkanes) is 4. The van der Waals surface area contributed by atoms with E-state index in [0.717, 1.165) is 12.5 Å². The summed E-state index contributed by atoms with van der Waals surface area (Å²) in [5.74, 6) is -0.128. The molecular weight excluding hydrogens is 276 g/mol. The zero-order valence-corrected chi connectivity index (χ0v) is 16.3. The van der Waals surface area contributed by atoms with Gasteiger partial charge in [0.1, 0.15) is 5.60 Å². The summed E-state index contributed by atoms with van der Waals surface area (Å²) in [5.41, 5.74) is -0.399. The first-order valence-electron chi connectivity index (χ1n) is 8.44. The molecule has 0 spiro atoms. The Morgan fingerprint density at radius 1 is 1.14 bits per heavy atom. The third-order valence-electron chi connectivity index (χ3n) is 3.13. The van der Waals surface area contributed by atoms with Gasteiger partial charge in [0.2, 0.25) is 0 Å². The molecule has 2 nitrogen and oxygen atoms in total. The first kappa shape index (κ1) is 20.4. The summed E-state index contributed by atoms with van der Waals surface area (Å²) in [6.07, 6.45) is 10.4. The van der Waals surface area contributed by atoms with E-state index < -0.39 is 13.7 Å². The van der Waals surface area contributed by atoms with Crippen molar-refractivity contribution >= 4 is 14.0 Å². The lowest BCUT2D eigenvalue weighted by molar-refractivity contribution is -0.157. The van der Waals surface area contributed by atoms with Crippen LogP contribution in [-0.4, -0.2) is 19.6 Å². The smallest absolute Gasteiger partial charge is 0.313 e. The van der Waals surface area contributed by atoms with Crippen molar-refractivity contribution in [3.63, 3.8) is 0 Å². The molecule has 0 aromatic carbocycles. The van der Waals surface area contributed by atoms with Gasteiger partial charge in [-0.15, -0.1) is 0 Å². The number of carbonyl (C=O) groups excluding carboxylic acids is 1. The van der Waals surface area contributed by atoms with Crippen LogP contribution in [0.1, 0.15) is 59.8 Å². The Balaban J connectivity index is 4.53. The van der Waals surface area contributed by atoms with Crippen molar-refractivity contribution in [2.45, 2.75) is 91.1 Å². The Bertz CT molecular complexity index is 321. The molecule has 0 rings (SSSR count). The number of allylic oxidation sites excluding steroid dienone is 1. The van der Waals surface area contributed by atoms with Gasteiger partial charge in [0.05, 0.1) is 5.92 Å². The van der Waals surface area contributed by atoms with Crippen LogP contribution in [0.3, 0.4) is 0 Å². The zero-order chi connectivity index (χ0) is 16.5. The monoisotopic (exact) mass is 312 g/mol. The fourth-order valence-corrected chi connectivity index (χ4v) is 3.84. The molecular formula is C18H36O2Si. The van der Waals surface area contributed by atoms with E-state index in [0.29, 0.717) is 0 Å². The molecule has 0 radical (unpaired) electrons. The van der Waals surface area contributed by atoms with Gasteiger partial charge in [-0.05, 0) is 39.7 Å². The lowest BCUT2D eigenvalue weighted by atomic mass is 10.1. The van der Waals surface area contributed by atoms with Gasteiger partial charge in [0.25, 0.3) is 0 Å². The maximum Gasteiger partial charge on any atom is 0.313 e. The van der Waals surface area contributed by atoms with Gasteiger partial charge in [-0.25, -0.2) is 0 Å². The van der Waals surface area contributed by atoms with E-state index >= 15 is 0 Å². The van der Waals surface area contributed by atoms with E-state index in [2.05, 4.69) is 38.7 Å². The predicted molar refractivity (Wildman–Crippen MR) is 95.4 cm³/mol. The zero-order valence-electron chi connectivity index (χ0n) is 15.3. The molecule has 124 valence electrons. The second-order valence-electron chi connectivity index (χ2n) is 8.18. The standard InChI is InChI=1S/C18H36O2Si/c1-8-9-10-11-12-13-14-16(15-21(5,6)7)17(19)20-18(2,3)4/h13-14,16H,8-12,15H2,1-7H3/b14-13+. The minimum Gasteiger partial charge on any atom is -0.460 e. The van der Waals surface area contributed by atoms with E-state index in [1.807, 2.05) is 20.8 Å². The SMILES string of the molecule is CCCCCC/C=C/C(C[Si](C)(C)C)C(=O)OC(C)(C)C. The average molecular weight is 313 g/mol. The third-order valence-corrected chi connectivity index (χ3v) is 4.80. The third kappa shape index (κ3) is 12.9. The molecule has 0 saturated heterocycles. The van der Waals surface area contributed by atoms with E-state index in [1.54, 1.807) is 0 Å². The van der Waals surface area contributed by atoms with Crippen molar-refractivity contribution in [1.82, 2.24) is 0 Å². The predicted octanol–water partition coefficient (Wildman–Crippen LogP) is 5.81. The van der Waals surface area contributed by atoms with Crippen LogP contribution in [0, 0.1) is 5.92 Å². The van der Waals surface area contributed by atoms with Gasteiger partial charge in [-0.1, -0.05) is 58.0 Å². The van der Waals surface area contributed by atoms with E-state index in [-0.39, 0.29) is 11.9 Å². The minimum atomic E-state index is -1.29. The molecule has 0 aliphatic heterocycles. The van der Waals surface area contributed by atoms with Crippen LogP contribution in [0.4, 0.5) is 0 Å². The first-order chi connectivity index (χ1) is 9.55. The van der Waals surface area contributed by atoms with Crippen molar-refractivity contribution < 1.29 is 9.53 Å². The molecule has 1 atom stereocenters. The Morgan fingerprint density at radius 3 is 2.24 bits per heavy atom. The van der Waals surface area contributed by atoms with Gasteiger partial charge in [-0.3, -0.25) is 4.79 Å². The normalized spacial score (nSPS) is 14.4. The van der Waals surface area contributed by atoms with Crippen LogP contribution < -0.4 is 0 Å². The van der Waals surface area contributed by atoms with Crippen LogP contribution in [0.25, 0.3) is 0 Å². The Kier molecular flexibility index (Phi) is 9.19. The number of carbonyl (C=O) groups is 1. The molecule has 0 bridgehead atoms. The highest BCUT2D eigenvalue weighted by Crippen LogP contribution is 2.22. The fourth-order valence-electron chi connectivity index (χ4n) is 2.22. The number of hydrogen-bond donors (Lipinski definition) is 0. The summed E-state index contributed by atoms with van der Waals surface area (Å²) in [5, 5.41) is 0. The molecule has 0 aromatic rings. The Labute approximate surface area is 133 Å². The van der Waals surface area contributed by atoms with Crippen LogP contribution in [0.2, 0.25) is 25.7 Å². The second kappa shape index (κ2) is 9.45. The molecule has 0 heterocycles. The molecule has 0 N–H and O–H groups in total. The van der Waals surface area contributed by atoms with Crippen LogP contribution in [0.5, 0.6) is 0 Å². The lowest BCUT2D eigenvalue weighted by Crippen LogP contribution is -2.32. The fraction of sp³-hybridized carbons (Fsp3) is 0.833. The molecule has 0 aliphatic rings. The largest absolute Gasteiger partial charge is 0.460 e. The summed E-state index contributed by atoms with van der Waals surface area (Å²) in [6.45, 7) is 14.9. The highest BCUT2D eigenvalue weighted by atomic mass is 28.3. The Hall–Kier alpha value is -0.573. The number of ether oxygens (including phenoxy) is 1. The molecule has 3 heteroatoms. The molecule has 0 aliphatic carbocycles. The van der Waals surface area contributed by atoms with Gasteiger partial charge < -0.3 is 4.74 Å². The average Bonchev–Trinajstić information content (AvgIpc) is 2.28. The van der Waals surface area contributed by atoms with Gasteiger partial charge in [0.15, 0.2) is 0 Å². The summed E-state index contributed by atoms with van der Waals surface area (Å²) < 4.78 is 5.57. The highest BCUT2D eigenvalue weighted by Gasteiger charge is 2.28. The Morgan fingerprint density at radius 2 is 1.76 bits per heavy atom. The topological polar surface area (TPSA) is 26.3 Å². The molecule has 1 unspecified atom stereocenters. The second-order valence-corrected chi connectivity index (χ2v) is 13.7. The molecule has 0 aromatic heterocycles. The quantitative estimate of drug-likeness (QED) is 0.232. The van der Waals surface area contributed by atoms with Crippen molar-refractivity contribution in [3.05, 3.63) is 12.2 Å². The first-order valence-corrected chi connectivity index (χ1v) is 12.2. The van der Waals surface area contributed by atoms with Crippen LogP contribution >= 0.6 is 0 Å². The van der Waals surface area contributed by atoms with Crippen LogP contribution in [0.15, 0.2) is 12.2 Å². The number of esters is 1. The molecule has 0 fully saturated rings. The molecule has 21 heavy (non-hydrogen) atoms.